The lowest BCUT2D eigenvalue weighted by Gasteiger charge is -2.29. The Morgan fingerprint density at radius 3 is 2.35 bits per heavy atom. The molecule has 4 rings (SSSR count). The number of fused-ring (bicyclic) bond motifs is 1. The third-order valence-electron chi connectivity index (χ3n) is 5.44. The Hall–Kier alpha value is -3.39. The van der Waals surface area contributed by atoms with Crippen molar-refractivity contribution in [1.82, 2.24) is 14.7 Å². The van der Waals surface area contributed by atoms with Gasteiger partial charge in [-0.3, -0.25) is 9.69 Å². The van der Waals surface area contributed by atoms with Crippen LogP contribution in [0.15, 0.2) is 47.3 Å². The van der Waals surface area contributed by atoms with Crippen molar-refractivity contribution < 1.29 is 18.6 Å². The molecule has 7 nitrogen and oxygen atoms in total. The Morgan fingerprint density at radius 1 is 0.935 bits per heavy atom. The average Bonchev–Trinajstić information content (AvgIpc) is 2.79. The van der Waals surface area contributed by atoms with Crippen molar-refractivity contribution in [1.29, 1.82) is 0 Å². The summed E-state index contributed by atoms with van der Waals surface area (Å²) in [7, 11) is 4.72. The molecule has 0 radical (unpaired) electrons. The van der Waals surface area contributed by atoms with Crippen LogP contribution in [0.2, 0.25) is 0 Å². The molecule has 2 aromatic carbocycles. The summed E-state index contributed by atoms with van der Waals surface area (Å²) in [6.07, 6.45) is 0.829. The van der Waals surface area contributed by atoms with E-state index in [1.54, 1.807) is 26.4 Å². The minimum absolute atomic E-state index is 0.206. The number of aromatic nitrogens is 2. The highest BCUT2D eigenvalue weighted by molar-refractivity contribution is 5.66. The fraction of sp³-hybridized carbons (Fsp3) is 0.304. The third kappa shape index (κ3) is 4.25. The van der Waals surface area contributed by atoms with Gasteiger partial charge >= 0.3 is 0 Å². The van der Waals surface area contributed by atoms with Crippen LogP contribution in [0.3, 0.4) is 0 Å². The van der Waals surface area contributed by atoms with E-state index in [0.717, 1.165) is 18.5 Å². The normalized spacial score (nSPS) is 13.5. The molecule has 3 aromatic rings. The van der Waals surface area contributed by atoms with Crippen LogP contribution < -0.4 is 19.8 Å². The second-order valence-electron chi connectivity index (χ2n) is 7.32. The maximum atomic E-state index is 13.5. The largest absolute Gasteiger partial charge is 0.496 e. The number of hydrogen-bond acceptors (Lipinski definition) is 6. The highest BCUT2D eigenvalue weighted by Crippen LogP contribution is 2.33. The Labute approximate surface area is 179 Å². The van der Waals surface area contributed by atoms with Gasteiger partial charge in [0, 0.05) is 30.8 Å². The topological polar surface area (TPSA) is 65.8 Å². The summed E-state index contributed by atoms with van der Waals surface area (Å²) in [6, 6.07) is 11.3. The highest BCUT2D eigenvalue weighted by atomic mass is 19.1. The van der Waals surface area contributed by atoms with Crippen molar-refractivity contribution in [3.05, 3.63) is 69.8 Å². The van der Waals surface area contributed by atoms with Gasteiger partial charge in [-0.2, -0.15) is 5.10 Å². The molecule has 0 N–H and O–H groups in total. The first kappa shape index (κ1) is 20.9. The molecule has 0 amide bonds. The quantitative estimate of drug-likeness (QED) is 0.605. The number of hydrogen-bond donors (Lipinski definition) is 0. The predicted octanol–water partition coefficient (Wildman–Crippen LogP) is 3.09. The van der Waals surface area contributed by atoms with Crippen LogP contribution in [0, 0.1) is 5.82 Å². The van der Waals surface area contributed by atoms with Crippen LogP contribution in [0.25, 0.3) is 11.3 Å². The molecule has 2 heterocycles. The van der Waals surface area contributed by atoms with Crippen molar-refractivity contribution in [2.45, 2.75) is 19.6 Å². The number of benzene rings is 2. The molecule has 1 aliphatic heterocycles. The second-order valence-corrected chi connectivity index (χ2v) is 7.32. The zero-order valence-corrected chi connectivity index (χ0v) is 17.7. The van der Waals surface area contributed by atoms with Gasteiger partial charge in [0.25, 0.3) is 5.56 Å². The third-order valence-corrected chi connectivity index (χ3v) is 5.44. The molecule has 0 aliphatic carbocycles. The van der Waals surface area contributed by atoms with Crippen LogP contribution in [0.5, 0.6) is 17.2 Å². The minimum atomic E-state index is -0.395. The van der Waals surface area contributed by atoms with Gasteiger partial charge in [-0.05, 0) is 47.9 Å². The Kier molecular flexibility index (Phi) is 5.90. The molecule has 0 saturated carbocycles. The van der Waals surface area contributed by atoms with Crippen LogP contribution in [0.4, 0.5) is 4.39 Å². The number of halogens is 1. The van der Waals surface area contributed by atoms with Crippen LogP contribution in [-0.2, 0) is 19.6 Å². The van der Waals surface area contributed by atoms with Crippen molar-refractivity contribution >= 4 is 0 Å². The van der Waals surface area contributed by atoms with Gasteiger partial charge in [-0.1, -0.05) is 0 Å². The van der Waals surface area contributed by atoms with Gasteiger partial charge in [-0.25, -0.2) is 9.07 Å². The van der Waals surface area contributed by atoms with E-state index in [1.165, 1.54) is 35.6 Å². The lowest BCUT2D eigenvalue weighted by molar-refractivity contribution is 0.185. The van der Waals surface area contributed by atoms with Gasteiger partial charge in [0.05, 0.1) is 33.7 Å². The van der Waals surface area contributed by atoms with Crippen LogP contribution in [-0.4, -0.2) is 42.6 Å². The van der Waals surface area contributed by atoms with Gasteiger partial charge in [-0.15, -0.1) is 0 Å². The van der Waals surface area contributed by atoms with Crippen LogP contribution >= 0.6 is 0 Å². The van der Waals surface area contributed by atoms with E-state index in [1.807, 2.05) is 12.1 Å². The fourth-order valence-electron chi connectivity index (χ4n) is 3.82. The van der Waals surface area contributed by atoms with Gasteiger partial charge in [0.1, 0.15) is 11.6 Å². The second kappa shape index (κ2) is 8.77. The smallest absolute Gasteiger partial charge is 0.268 e. The summed E-state index contributed by atoms with van der Waals surface area (Å²) < 4.78 is 31.1. The molecular formula is C23H24FN3O4. The molecule has 8 heteroatoms. The highest BCUT2D eigenvalue weighted by Gasteiger charge is 2.20. The molecule has 0 atom stereocenters. The lowest BCUT2D eigenvalue weighted by Crippen LogP contribution is -2.37. The first-order valence-corrected chi connectivity index (χ1v) is 9.90. The first-order chi connectivity index (χ1) is 15.0. The number of rotatable bonds is 6. The Balaban J connectivity index is 1.60. The molecule has 0 fully saturated rings. The lowest BCUT2D eigenvalue weighted by atomic mass is 9.99. The zero-order valence-electron chi connectivity index (χ0n) is 17.7. The number of methoxy groups -OCH3 is 3. The summed E-state index contributed by atoms with van der Waals surface area (Å²) in [5, 5.41) is 4.51. The maximum Gasteiger partial charge on any atom is 0.268 e. The molecule has 0 saturated heterocycles. The van der Waals surface area contributed by atoms with Gasteiger partial charge in [0.15, 0.2) is 11.5 Å². The predicted molar refractivity (Wildman–Crippen MR) is 114 cm³/mol. The molecule has 162 valence electrons. The maximum absolute atomic E-state index is 13.5. The van der Waals surface area contributed by atoms with E-state index in [9.17, 15) is 9.18 Å². The van der Waals surface area contributed by atoms with E-state index in [2.05, 4.69) is 10.00 Å². The van der Waals surface area contributed by atoms with Crippen molar-refractivity contribution in [3.8, 4) is 28.5 Å². The summed E-state index contributed by atoms with van der Waals surface area (Å²) >= 11 is 0. The summed E-state index contributed by atoms with van der Waals surface area (Å²) in [5.74, 6) is 1.37. The molecule has 0 unspecified atom stereocenters. The zero-order chi connectivity index (χ0) is 22.0. The summed E-state index contributed by atoms with van der Waals surface area (Å²) in [6.45, 7) is 1.78. The standard InChI is InChI=1S/C23H24FN3O4/c1-29-20-12-17(24)4-5-18(20)19-6-7-23(28)27(25-19)14-26-9-8-15-10-21(30-2)22(31-3)11-16(15)13-26/h4-7,10-12H,8-9,13-14H2,1-3H3. The fourth-order valence-corrected chi connectivity index (χ4v) is 3.82. The van der Waals surface area contributed by atoms with E-state index in [-0.39, 0.29) is 5.56 Å². The van der Waals surface area contributed by atoms with Gasteiger partial charge < -0.3 is 14.2 Å². The summed E-state index contributed by atoms with van der Waals surface area (Å²) in [5.41, 5.74) is 3.30. The monoisotopic (exact) mass is 425 g/mol. The SMILES string of the molecule is COc1cc2c(cc1OC)CN(Cn1nc(-c3ccc(F)cc3OC)ccc1=O)CC2. The number of ether oxygens (including phenoxy) is 3. The minimum Gasteiger partial charge on any atom is -0.496 e. The van der Waals surface area contributed by atoms with Crippen LogP contribution in [0.1, 0.15) is 11.1 Å². The Bertz CT molecular complexity index is 1160. The van der Waals surface area contributed by atoms with E-state index in [0.29, 0.717) is 41.7 Å². The van der Waals surface area contributed by atoms with Crippen molar-refractivity contribution in [3.63, 3.8) is 0 Å². The first-order valence-electron chi connectivity index (χ1n) is 9.90. The molecule has 0 bridgehead atoms. The van der Waals surface area contributed by atoms with E-state index in [4.69, 9.17) is 14.2 Å². The Morgan fingerprint density at radius 2 is 1.65 bits per heavy atom. The molecular weight excluding hydrogens is 401 g/mol. The van der Waals surface area contributed by atoms with E-state index < -0.39 is 5.82 Å². The molecule has 0 spiro atoms. The average molecular weight is 425 g/mol. The van der Waals surface area contributed by atoms with Gasteiger partial charge in [0.2, 0.25) is 0 Å². The summed E-state index contributed by atoms with van der Waals surface area (Å²) in [4.78, 5) is 14.6. The molecule has 1 aromatic heterocycles. The van der Waals surface area contributed by atoms with Crippen molar-refractivity contribution in [2.75, 3.05) is 27.9 Å². The van der Waals surface area contributed by atoms with E-state index >= 15 is 0 Å². The number of nitrogens with zero attached hydrogens (tertiary/aromatic N) is 3. The van der Waals surface area contributed by atoms with Crippen molar-refractivity contribution in [2.24, 2.45) is 0 Å². The molecule has 31 heavy (non-hydrogen) atoms. The molecule has 1 aliphatic rings.